The third-order valence-electron chi connectivity index (χ3n) is 4.87. The van der Waals surface area contributed by atoms with E-state index in [4.69, 9.17) is 9.47 Å². The Morgan fingerprint density at radius 1 is 1.23 bits per heavy atom. The van der Waals surface area contributed by atoms with Gasteiger partial charge in [0.15, 0.2) is 0 Å². The second kappa shape index (κ2) is 8.63. The molecule has 0 saturated carbocycles. The second-order valence-corrected chi connectivity index (χ2v) is 8.98. The zero-order valence-electron chi connectivity index (χ0n) is 15.7. The van der Waals surface area contributed by atoms with Crippen LogP contribution in [0.25, 0.3) is 0 Å². The molecule has 2 aliphatic rings. The van der Waals surface area contributed by atoms with E-state index in [9.17, 15) is 8.42 Å². The molecule has 1 aromatic rings. The molecule has 2 aliphatic heterocycles. The molecule has 0 spiro atoms. The van der Waals surface area contributed by atoms with Crippen LogP contribution in [0.15, 0.2) is 0 Å². The number of aromatic nitrogens is 2. The molecule has 1 atom stereocenters. The standard InChI is InChI=1S/C18H29N3O4S/c1-3-12-26(22,23)21-9-5-6-14(13-21)25-18-15-7-10-24-11-8-16(15)19-17(4-2)20-18/h14H,3-13H2,1-2H3. The maximum Gasteiger partial charge on any atom is 0.220 e. The van der Waals surface area contributed by atoms with E-state index < -0.39 is 10.0 Å². The lowest BCUT2D eigenvalue weighted by Gasteiger charge is -2.32. The van der Waals surface area contributed by atoms with Crippen LogP contribution in [-0.4, -0.2) is 60.9 Å². The van der Waals surface area contributed by atoms with Crippen LogP contribution in [0.1, 0.15) is 50.2 Å². The molecule has 0 bridgehead atoms. The van der Waals surface area contributed by atoms with E-state index >= 15 is 0 Å². The average Bonchev–Trinajstić information content (AvgIpc) is 2.87. The summed E-state index contributed by atoms with van der Waals surface area (Å²) >= 11 is 0. The molecule has 0 amide bonds. The van der Waals surface area contributed by atoms with Gasteiger partial charge in [0.2, 0.25) is 15.9 Å². The van der Waals surface area contributed by atoms with Crippen LogP contribution in [0.3, 0.4) is 0 Å². The first-order valence-electron chi connectivity index (χ1n) is 9.64. The highest BCUT2D eigenvalue weighted by molar-refractivity contribution is 7.89. The minimum absolute atomic E-state index is 0.164. The SMILES string of the molecule is CCCS(=O)(=O)N1CCCC(Oc2nc(CC)nc3c2CCOCC3)C1. The van der Waals surface area contributed by atoms with Crippen molar-refractivity contribution in [3.63, 3.8) is 0 Å². The molecule has 8 heteroatoms. The van der Waals surface area contributed by atoms with Gasteiger partial charge in [0, 0.05) is 31.4 Å². The molecule has 1 fully saturated rings. The van der Waals surface area contributed by atoms with Gasteiger partial charge >= 0.3 is 0 Å². The number of aryl methyl sites for hydroxylation is 1. The summed E-state index contributed by atoms with van der Waals surface area (Å²) in [6.45, 7) is 6.20. The van der Waals surface area contributed by atoms with Crippen LogP contribution in [0.2, 0.25) is 0 Å². The van der Waals surface area contributed by atoms with Crippen LogP contribution in [-0.2, 0) is 34.0 Å². The lowest BCUT2D eigenvalue weighted by molar-refractivity contribution is 0.121. The Labute approximate surface area is 156 Å². The lowest BCUT2D eigenvalue weighted by Crippen LogP contribution is -2.45. The number of sulfonamides is 1. The highest BCUT2D eigenvalue weighted by Gasteiger charge is 2.30. The summed E-state index contributed by atoms with van der Waals surface area (Å²) in [7, 11) is -3.19. The molecule has 0 aromatic carbocycles. The highest BCUT2D eigenvalue weighted by Crippen LogP contribution is 2.26. The Hall–Kier alpha value is -1.25. The summed E-state index contributed by atoms with van der Waals surface area (Å²) in [4.78, 5) is 9.25. The Bertz CT molecular complexity index is 723. The number of hydrogen-bond donors (Lipinski definition) is 0. The number of piperidine rings is 1. The van der Waals surface area contributed by atoms with E-state index in [1.165, 1.54) is 0 Å². The first kappa shape index (κ1) is 19.5. The van der Waals surface area contributed by atoms with Gasteiger partial charge in [-0.1, -0.05) is 13.8 Å². The van der Waals surface area contributed by atoms with Crippen molar-refractivity contribution in [3.8, 4) is 5.88 Å². The zero-order chi connectivity index (χ0) is 18.6. The summed E-state index contributed by atoms with van der Waals surface area (Å²) in [6, 6.07) is 0. The van der Waals surface area contributed by atoms with E-state index in [1.807, 2.05) is 13.8 Å². The topological polar surface area (TPSA) is 81.6 Å². The lowest BCUT2D eigenvalue weighted by atomic mass is 10.1. The van der Waals surface area contributed by atoms with Crippen LogP contribution < -0.4 is 4.74 Å². The van der Waals surface area contributed by atoms with Gasteiger partial charge in [-0.05, 0) is 19.3 Å². The Balaban J connectivity index is 1.79. The van der Waals surface area contributed by atoms with Crippen molar-refractivity contribution in [2.45, 2.75) is 58.5 Å². The van der Waals surface area contributed by atoms with Gasteiger partial charge in [-0.3, -0.25) is 0 Å². The summed E-state index contributed by atoms with van der Waals surface area (Å²) in [5, 5.41) is 0. The van der Waals surface area contributed by atoms with Crippen LogP contribution >= 0.6 is 0 Å². The van der Waals surface area contributed by atoms with Gasteiger partial charge in [-0.15, -0.1) is 0 Å². The predicted molar refractivity (Wildman–Crippen MR) is 98.9 cm³/mol. The minimum atomic E-state index is -3.19. The maximum atomic E-state index is 12.4. The first-order chi connectivity index (χ1) is 12.5. The fourth-order valence-electron chi connectivity index (χ4n) is 3.51. The van der Waals surface area contributed by atoms with Crippen LogP contribution in [0, 0.1) is 0 Å². The van der Waals surface area contributed by atoms with E-state index in [0.717, 1.165) is 49.2 Å². The van der Waals surface area contributed by atoms with Crippen molar-refractivity contribution in [1.29, 1.82) is 0 Å². The zero-order valence-corrected chi connectivity index (χ0v) is 16.6. The molecule has 3 rings (SSSR count). The van der Waals surface area contributed by atoms with Crippen LogP contribution in [0.4, 0.5) is 0 Å². The van der Waals surface area contributed by atoms with Crippen molar-refractivity contribution >= 4 is 10.0 Å². The fourth-order valence-corrected chi connectivity index (χ4v) is 5.09. The molecule has 1 aromatic heterocycles. The first-order valence-corrected chi connectivity index (χ1v) is 11.2. The molecular weight excluding hydrogens is 354 g/mol. The van der Waals surface area contributed by atoms with Gasteiger partial charge in [-0.25, -0.2) is 13.4 Å². The molecule has 7 nitrogen and oxygen atoms in total. The summed E-state index contributed by atoms with van der Waals surface area (Å²) in [5.41, 5.74) is 2.03. The third kappa shape index (κ3) is 4.53. The van der Waals surface area contributed by atoms with Crippen molar-refractivity contribution in [3.05, 3.63) is 17.1 Å². The molecule has 3 heterocycles. The molecule has 146 valence electrons. The normalized spacial score (nSPS) is 21.8. The molecule has 0 radical (unpaired) electrons. The smallest absolute Gasteiger partial charge is 0.220 e. The number of ether oxygens (including phenoxy) is 2. The quantitative estimate of drug-likeness (QED) is 0.744. The fraction of sp³-hybridized carbons (Fsp3) is 0.778. The Morgan fingerprint density at radius 2 is 2.04 bits per heavy atom. The van der Waals surface area contributed by atoms with Crippen molar-refractivity contribution in [2.24, 2.45) is 0 Å². The number of hydrogen-bond acceptors (Lipinski definition) is 6. The minimum Gasteiger partial charge on any atom is -0.473 e. The summed E-state index contributed by atoms with van der Waals surface area (Å²) in [5.74, 6) is 1.59. The summed E-state index contributed by atoms with van der Waals surface area (Å²) in [6.07, 6.45) is 4.36. The molecule has 0 N–H and O–H groups in total. The van der Waals surface area contributed by atoms with E-state index in [1.54, 1.807) is 4.31 Å². The summed E-state index contributed by atoms with van der Waals surface area (Å²) < 4.78 is 38.2. The van der Waals surface area contributed by atoms with Gasteiger partial charge in [0.05, 0.1) is 31.2 Å². The van der Waals surface area contributed by atoms with E-state index in [0.29, 0.717) is 38.6 Å². The molecule has 26 heavy (non-hydrogen) atoms. The Kier molecular flexibility index (Phi) is 6.47. The molecule has 1 saturated heterocycles. The van der Waals surface area contributed by atoms with Crippen LogP contribution in [0.5, 0.6) is 5.88 Å². The van der Waals surface area contributed by atoms with Crippen molar-refractivity contribution in [1.82, 2.24) is 14.3 Å². The average molecular weight is 384 g/mol. The maximum absolute atomic E-state index is 12.4. The van der Waals surface area contributed by atoms with Crippen molar-refractivity contribution < 1.29 is 17.9 Å². The van der Waals surface area contributed by atoms with Gasteiger partial charge in [0.25, 0.3) is 0 Å². The number of fused-ring (bicyclic) bond motifs is 1. The van der Waals surface area contributed by atoms with E-state index in [2.05, 4.69) is 9.97 Å². The molecule has 0 aliphatic carbocycles. The van der Waals surface area contributed by atoms with Gasteiger partial charge in [-0.2, -0.15) is 9.29 Å². The molecule has 1 unspecified atom stereocenters. The monoisotopic (exact) mass is 383 g/mol. The number of rotatable bonds is 6. The highest BCUT2D eigenvalue weighted by atomic mass is 32.2. The third-order valence-corrected chi connectivity index (χ3v) is 6.91. The second-order valence-electron chi connectivity index (χ2n) is 6.89. The predicted octanol–water partition coefficient (Wildman–Crippen LogP) is 1.74. The Morgan fingerprint density at radius 3 is 2.81 bits per heavy atom. The van der Waals surface area contributed by atoms with Gasteiger partial charge < -0.3 is 9.47 Å². The van der Waals surface area contributed by atoms with Gasteiger partial charge in [0.1, 0.15) is 11.9 Å². The number of nitrogens with zero attached hydrogens (tertiary/aromatic N) is 3. The largest absolute Gasteiger partial charge is 0.473 e. The molecular formula is C18H29N3O4S. The van der Waals surface area contributed by atoms with Crippen molar-refractivity contribution in [2.75, 3.05) is 32.1 Å². The van der Waals surface area contributed by atoms with E-state index in [-0.39, 0.29) is 11.9 Å².